The van der Waals surface area contributed by atoms with Crippen LogP contribution in [0.25, 0.3) is 0 Å². The Kier molecular flexibility index (Phi) is 2.32. The first-order valence-electron chi connectivity index (χ1n) is 3.98. The fourth-order valence-corrected chi connectivity index (χ4v) is 1.53. The fraction of sp³-hybridized carbons (Fsp3) is 1.00. The molecule has 2 N–H and O–H groups in total. The van der Waals surface area contributed by atoms with Crippen molar-refractivity contribution in [2.24, 2.45) is 11.1 Å². The third kappa shape index (κ3) is 1.50. The molecule has 0 amide bonds. The van der Waals surface area contributed by atoms with Crippen LogP contribution in [0.4, 0.5) is 0 Å². The van der Waals surface area contributed by atoms with E-state index in [4.69, 9.17) is 10.5 Å². The second kappa shape index (κ2) is 2.89. The standard InChI is InChI=1S/C8H17NO/c1-8(2)4-3-5-10-7(8)6-9/h7H,3-6,9H2,1-2H3. The molecule has 0 aromatic carbocycles. The molecule has 1 aliphatic heterocycles. The predicted octanol–water partition coefficient (Wildman–Crippen LogP) is 1.15. The van der Waals surface area contributed by atoms with Gasteiger partial charge in [0.15, 0.2) is 0 Å². The fourth-order valence-electron chi connectivity index (χ4n) is 1.53. The van der Waals surface area contributed by atoms with Crippen molar-refractivity contribution in [3.63, 3.8) is 0 Å². The summed E-state index contributed by atoms with van der Waals surface area (Å²) in [7, 11) is 0. The average Bonchev–Trinajstić information content (AvgIpc) is 1.87. The summed E-state index contributed by atoms with van der Waals surface area (Å²) in [4.78, 5) is 0. The summed E-state index contributed by atoms with van der Waals surface area (Å²) in [5.74, 6) is 0. The predicted molar refractivity (Wildman–Crippen MR) is 41.8 cm³/mol. The molecule has 0 spiro atoms. The highest BCUT2D eigenvalue weighted by Gasteiger charge is 2.31. The lowest BCUT2D eigenvalue weighted by atomic mass is 9.80. The maximum absolute atomic E-state index is 5.55. The van der Waals surface area contributed by atoms with E-state index in [1.54, 1.807) is 0 Å². The van der Waals surface area contributed by atoms with Crippen molar-refractivity contribution in [2.75, 3.05) is 13.2 Å². The molecule has 1 unspecified atom stereocenters. The number of hydrogen-bond acceptors (Lipinski definition) is 2. The molecule has 0 aromatic rings. The van der Waals surface area contributed by atoms with Gasteiger partial charge < -0.3 is 10.5 Å². The van der Waals surface area contributed by atoms with Gasteiger partial charge in [0.2, 0.25) is 0 Å². The maximum Gasteiger partial charge on any atom is 0.0748 e. The lowest BCUT2D eigenvalue weighted by molar-refractivity contribution is -0.0611. The van der Waals surface area contributed by atoms with Crippen LogP contribution in [-0.2, 0) is 4.74 Å². The molecule has 1 saturated heterocycles. The first-order valence-corrected chi connectivity index (χ1v) is 3.98. The van der Waals surface area contributed by atoms with Crippen molar-refractivity contribution < 1.29 is 4.74 Å². The van der Waals surface area contributed by atoms with Gasteiger partial charge in [0.05, 0.1) is 6.10 Å². The normalized spacial score (nSPS) is 32.1. The molecule has 60 valence electrons. The second-order valence-electron chi connectivity index (χ2n) is 3.69. The first kappa shape index (κ1) is 8.02. The van der Waals surface area contributed by atoms with Crippen molar-refractivity contribution >= 4 is 0 Å². The van der Waals surface area contributed by atoms with Gasteiger partial charge in [-0.05, 0) is 18.3 Å². The van der Waals surface area contributed by atoms with Crippen LogP contribution >= 0.6 is 0 Å². The van der Waals surface area contributed by atoms with E-state index in [2.05, 4.69) is 13.8 Å². The van der Waals surface area contributed by atoms with Crippen LogP contribution in [0.15, 0.2) is 0 Å². The summed E-state index contributed by atoms with van der Waals surface area (Å²) in [5, 5.41) is 0. The van der Waals surface area contributed by atoms with Crippen LogP contribution in [0, 0.1) is 5.41 Å². The van der Waals surface area contributed by atoms with Gasteiger partial charge in [0.25, 0.3) is 0 Å². The molecule has 1 heterocycles. The SMILES string of the molecule is CC1(C)CCCOC1CN. The molecular weight excluding hydrogens is 126 g/mol. The minimum absolute atomic E-state index is 0.279. The van der Waals surface area contributed by atoms with Crippen molar-refractivity contribution in [1.29, 1.82) is 0 Å². The highest BCUT2D eigenvalue weighted by Crippen LogP contribution is 2.32. The van der Waals surface area contributed by atoms with Gasteiger partial charge in [-0.15, -0.1) is 0 Å². The molecule has 0 bridgehead atoms. The molecule has 10 heavy (non-hydrogen) atoms. The van der Waals surface area contributed by atoms with E-state index in [9.17, 15) is 0 Å². The molecule has 1 aliphatic rings. The molecule has 0 aromatic heterocycles. The zero-order valence-electron chi connectivity index (χ0n) is 6.89. The Morgan fingerprint density at radius 2 is 2.30 bits per heavy atom. The third-order valence-electron chi connectivity index (χ3n) is 2.37. The van der Waals surface area contributed by atoms with E-state index in [0.29, 0.717) is 12.0 Å². The minimum Gasteiger partial charge on any atom is -0.376 e. The number of nitrogens with two attached hydrogens (primary N) is 1. The Bertz CT molecular complexity index is 112. The highest BCUT2D eigenvalue weighted by molar-refractivity contribution is 4.82. The summed E-state index contributed by atoms with van der Waals surface area (Å²) >= 11 is 0. The Morgan fingerprint density at radius 3 is 2.70 bits per heavy atom. The largest absolute Gasteiger partial charge is 0.376 e. The molecule has 1 fully saturated rings. The number of rotatable bonds is 1. The van der Waals surface area contributed by atoms with Crippen molar-refractivity contribution in [3.05, 3.63) is 0 Å². The topological polar surface area (TPSA) is 35.2 Å². The summed E-state index contributed by atoms with van der Waals surface area (Å²) < 4.78 is 5.52. The van der Waals surface area contributed by atoms with Crippen molar-refractivity contribution in [3.8, 4) is 0 Å². The van der Waals surface area contributed by atoms with Crippen LogP contribution in [0.1, 0.15) is 26.7 Å². The summed E-state index contributed by atoms with van der Waals surface area (Å²) in [5.41, 5.74) is 5.85. The number of ether oxygens (including phenoxy) is 1. The molecule has 0 radical (unpaired) electrons. The second-order valence-corrected chi connectivity index (χ2v) is 3.69. The zero-order valence-corrected chi connectivity index (χ0v) is 6.89. The maximum atomic E-state index is 5.55. The van der Waals surface area contributed by atoms with E-state index in [1.165, 1.54) is 12.8 Å². The van der Waals surface area contributed by atoms with Crippen LogP contribution < -0.4 is 5.73 Å². The number of hydrogen-bond donors (Lipinski definition) is 1. The Hall–Kier alpha value is -0.0800. The van der Waals surface area contributed by atoms with Crippen molar-refractivity contribution in [1.82, 2.24) is 0 Å². The summed E-state index contributed by atoms with van der Waals surface area (Å²) in [6.45, 7) is 6.01. The van der Waals surface area contributed by atoms with Crippen LogP contribution in [0.2, 0.25) is 0 Å². The quantitative estimate of drug-likeness (QED) is 0.597. The molecule has 1 atom stereocenters. The monoisotopic (exact) mass is 143 g/mol. The van der Waals surface area contributed by atoms with E-state index >= 15 is 0 Å². The van der Waals surface area contributed by atoms with Gasteiger partial charge in [0, 0.05) is 13.2 Å². The van der Waals surface area contributed by atoms with Gasteiger partial charge in [-0.25, -0.2) is 0 Å². The smallest absolute Gasteiger partial charge is 0.0748 e. The minimum atomic E-state index is 0.279. The lowest BCUT2D eigenvalue weighted by Gasteiger charge is -2.37. The lowest BCUT2D eigenvalue weighted by Crippen LogP contribution is -2.41. The Morgan fingerprint density at radius 1 is 1.60 bits per heavy atom. The molecule has 0 aliphatic carbocycles. The van der Waals surface area contributed by atoms with Crippen LogP contribution in [-0.4, -0.2) is 19.3 Å². The van der Waals surface area contributed by atoms with Gasteiger partial charge in [-0.3, -0.25) is 0 Å². The first-order chi connectivity index (χ1) is 4.67. The molecule has 0 saturated carbocycles. The molecule has 2 nitrogen and oxygen atoms in total. The van der Waals surface area contributed by atoms with E-state index < -0.39 is 0 Å². The van der Waals surface area contributed by atoms with E-state index in [-0.39, 0.29) is 6.10 Å². The van der Waals surface area contributed by atoms with Gasteiger partial charge >= 0.3 is 0 Å². The zero-order chi connectivity index (χ0) is 7.61. The van der Waals surface area contributed by atoms with Crippen molar-refractivity contribution in [2.45, 2.75) is 32.8 Å². The summed E-state index contributed by atoms with van der Waals surface area (Å²) in [6, 6.07) is 0. The average molecular weight is 143 g/mol. The third-order valence-corrected chi connectivity index (χ3v) is 2.37. The van der Waals surface area contributed by atoms with Gasteiger partial charge in [0.1, 0.15) is 0 Å². The Balaban J connectivity index is 2.51. The molecular formula is C8H17NO. The highest BCUT2D eigenvalue weighted by atomic mass is 16.5. The molecule has 1 rings (SSSR count). The summed E-state index contributed by atoms with van der Waals surface area (Å²) in [6.07, 6.45) is 2.71. The van der Waals surface area contributed by atoms with Crippen LogP contribution in [0.3, 0.4) is 0 Å². The van der Waals surface area contributed by atoms with E-state index in [0.717, 1.165) is 6.61 Å². The Labute approximate surface area is 62.7 Å². The van der Waals surface area contributed by atoms with Gasteiger partial charge in [-0.1, -0.05) is 13.8 Å². The van der Waals surface area contributed by atoms with E-state index in [1.807, 2.05) is 0 Å². The molecule has 2 heteroatoms. The van der Waals surface area contributed by atoms with Crippen LogP contribution in [0.5, 0.6) is 0 Å². The van der Waals surface area contributed by atoms with Gasteiger partial charge in [-0.2, -0.15) is 0 Å².